The average Bonchev–Trinajstić information content (AvgIpc) is 3.09. The zero-order valence-corrected chi connectivity index (χ0v) is 17.5. The second kappa shape index (κ2) is 9.48. The molecule has 1 amide bonds. The lowest BCUT2D eigenvalue weighted by molar-refractivity contribution is -0.704. The van der Waals surface area contributed by atoms with Crippen LogP contribution in [0.1, 0.15) is 12.0 Å². The van der Waals surface area contributed by atoms with Gasteiger partial charge in [0.05, 0.1) is 23.4 Å². The third kappa shape index (κ3) is 5.61. The van der Waals surface area contributed by atoms with E-state index < -0.39 is 23.3 Å². The first-order valence-corrected chi connectivity index (χ1v) is 10.1. The van der Waals surface area contributed by atoms with Crippen LogP contribution in [0, 0.1) is 0 Å². The number of anilines is 1. The molecule has 31 heavy (non-hydrogen) atoms. The van der Waals surface area contributed by atoms with Gasteiger partial charge in [-0.05, 0) is 52.0 Å². The van der Waals surface area contributed by atoms with E-state index in [4.69, 9.17) is 20.9 Å². The average molecular weight is 475 g/mol. The van der Waals surface area contributed by atoms with Crippen molar-refractivity contribution in [2.75, 3.05) is 18.2 Å². The van der Waals surface area contributed by atoms with Crippen molar-refractivity contribution in [3.05, 3.63) is 63.5 Å². The Morgan fingerprint density at radius 3 is 2.61 bits per heavy atom. The molecule has 12 heteroatoms. The number of hydrogen-bond acceptors (Lipinski definition) is 5. The minimum atomic E-state index is -4.56. The number of thioether (sulfide) groups is 1. The number of nitrogens with zero attached hydrogens (tertiary/aromatic N) is 1. The van der Waals surface area contributed by atoms with Crippen LogP contribution in [0.4, 0.5) is 18.9 Å². The van der Waals surface area contributed by atoms with Crippen LogP contribution in [0.2, 0.25) is 5.02 Å². The van der Waals surface area contributed by atoms with E-state index in [1.54, 1.807) is 24.3 Å². The predicted molar refractivity (Wildman–Crippen MR) is 108 cm³/mol. The third-order valence-corrected chi connectivity index (χ3v) is 5.43. The predicted octanol–water partition coefficient (Wildman–Crippen LogP) is 4.05. The largest absolute Gasteiger partial charge is 0.497 e. The molecule has 0 saturated heterocycles. The number of aromatic amines is 1. The highest BCUT2D eigenvalue weighted by Gasteiger charge is 2.31. The lowest BCUT2D eigenvalue weighted by atomic mass is 10.2. The molecule has 0 atom stereocenters. The number of hydrogen-bond donors (Lipinski definition) is 2. The number of methoxy groups -OCH3 is 1. The Morgan fingerprint density at radius 1 is 1.26 bits per heavy atom. The normalized spacial score (nSPS) is 11.4. The quantitative estimate of drug-likeness (QED) is 0.398. The Hall–Kier alpha value is -2.92. The van der Waals surface area contributed by atoms with Crippen LogP contribution in [0.3, 0.4) is 0 Å². The van der Waals surface area contributed by atoms with E-state index in [1.807, 2.05) is 0 Å². The lowest BCUT2D eigenvalue weighted by Gasteiger charge is -2.11. The SMILES string of the molecule is COc1ccc(-[n+]2[nH]oc(=O)c2SCCC(=O)Nc2cc(C(F)(F)F)ccc2Cl)cc1. The zero-order chi connectivity index (χ0) is 22.6. The van der Waals surface area contributed by atoms with Gasteiger partial charge in [-0.15, -0.1) is 0 Å². The van der Waals surface area contributed by atoms with Crippen LogP contribution in [0.5, 0.6) is 5.75 Å². The highest BCUT2D eigenvalue weighted by atomic mass is 35.5. The van der Waals surface area contributed by atoms with E-state index in [-0.39, 0.29) is 27.9 Å². The fraction of sp³-hybridized carbons (Fsp3) is 0.211. The first kappa shape index (κ1) is 22.8. The summed E-state index contributed by atoms with van der Waals surface area (Å²) in [6.45, 7) is 0. The zero-order valence-electron chi connectivity index (χ0n) is 16.0. The number of halogens is 4. The summed E-state index contributed by atoms with van der Waals surface area (Å²) in [6, 6.07) is 9.48. The third-order valence-electron chi connectivity index (χ3n) is 4.07. The van der Waals surface area contributed by atoms with Crippen LogP contribution in [-0.4, -0.2) is 24.0 Å². The molecule has 2 aromatic carbocycles. The van der Waals surface area contributed by atoms with Crippen molar-refractivity contribution in [2.45, 2.75) is 17.6 Å². The summed E-state index contributed by atoms with van der Waals surface area (Å²) in [5, 5.41) is 5.03. The summed E-state index contributed by atoms with van der Waals surface area (Å²) >= 11 is 6.94. The number of H-pyrrole nitrogens is 1. The molecule has 164 valence electrons. The Balaban J connectivity index is 1.64. The number of rotatable bonds is 7. The lowest BCUT2D eigenvalue weighted by Crippen LogP contribution is -2.36. The van der Waals surface area contributed by atoms with Crippen molar-refractivity contribution in [1.29, 1.82) is 0 Å². The maximum atomic E-state index is 12.8. The Labute approximate surface area is 183 Å². The molecule has 0 saturated carbocycles. The van der Waals surface area contributed by atoms with Crippen molar-refractivity contribution in [2.24, 2.45) is 0 Å². The summed E-state index contributed by atoms with van der Waals surface area (Å²) in [4.78, 5) is 24.2. The molecule has 0 aliphatic heterocycles. The van der Waals surface area contributed by atoms with E-state index in [9.17, 15) is 22.8 Å². The minimum absolute atomic E-state index is 0.0161. The van der Waals surface area contributed by atoms with E-state index in [0.29, 0.717) is 11.4 Å². The van der Waals surface area contributed by atoms with Gasteiger partial charge in [0.25, 0.3) is 0 Å². The Morgan fingerprint density at radius 2 is 1.97 bits per heavy atom. The van der Waals surface area contributed by atoms with Crippen molar-refractivity contribution >= 4 is 35.0 Å². The fourth-order valence-corrected chi connectivity index (χ4v) is 3.62. The molecule has 2 N–H and O–H groups in total. The number of nitrogens with one attached hydrogen (secondary N) is 2. The molecule has 0 aliphatic rings. The fourth-order valence-electron chi connectivity index (χ4n) is 2.54. The van der Waals surface area contributed by atoms with Crippen molar-refractivity contribution in [1.82, 2.24) is 5.27 Å². The number of carbonyl (C=O) groups excluding carboxylic acids is 1. The molecule has 1 aromatic heterocycles. The monoisotopic (exact) mass is 474 g/mol. The number of aromatic nitrogens is 2. The molecular formula is C19H16ClF3N3O4S+. The second-order valence-corrected chi connectivity index (χ2v) is 7.65. The van der Waals surface area contributed by atoms with E-state index >= 15 is 0 Å². The molecule has 3 rings (SSSR count). The molecule has 0 bridgehead atoms. The standard InChI is InChI=1S/C19H15ClF3N3O4S/c1-29-13-5-3-12(4-6-13)26-17(18(28)30-25-26)31-9-8-16(27)24-15-10-11(19(21,22)23)2-7-14(15)20/h2-7,10H,8-9H2,1H3,(H-,24,25,27,28)/p+1. The highest BCUT2D eigenvalue weighted by Crippen LogP contribution is 2.33. The first-order valence-electron chi connectivity index (χ1n) is 8.76. The summed E-state index contributed by atoms with van der Waals surface area (Å²) < 4.78 is 49.9. The summed E-state index contributed by atoms with van der Waals surface area (Å²) in [6.07, 6.45) is -4.64. The van der Waals surface area contributed by atoms with Gasteiger partial charge in [0.1, 0.15) is 5.75 Å². The number of ether oxygens (including phenoxy) is 1. The number of alkyl halides is 3. The maximum absolute atomic E-state index is 12.8. The molecule has 7 nitrogen and oxygen atoms in total. The van der Waals surface area contributed by atoms with Crippen LogP contribution in [0.15, 0.2) is 56.8 Å². The molecular weight excluding hydrogens is 459 g/mol. The first-order chi connectivity index (χ1) is 14.7. The van der Waals surface area contributed by atoms with Crippen LogP contribution in [-0.2, 0) is 11.0 Å². The van der Waals surface area contributed by atoms with Gasteiger partial charge >= 0.3 is 16.8 Å². The van der Waals surface area contributed by atoms with Gasteiger partial charge in [-0.2, -0.15) is 13.2 Å². The number of amides is 1. The molecule has 0 radical (unpaired) electrons. The Bertz CT molecular complexity index is 1130. The van der Waals surface area contributed by atoms with Crippen molar-refractivity contribution in [3.63, 3.8) is 0 Å². The summed E-state index contributed by atoms with van der Waals surface area (Å²) in [5.74, 6) is 0.250. The minimum Gasteiger partial charge on any atom is -0.497 e. The molecule has 0 spiro atoms. The van der Waals surface area contributed by atoms with Crippen molar-refractivity contribution in [3.8, 4) is 11.4 Å². The molecule has 0 aliphatic carbocycles. The van der Waals surface area contributed by atoms with Gasteiger partial charge in [-0.3, -0.25) is 9.32 Å². The molecule has 1 heterocycles. The van der Waals surface area contributed by atoms with Gasteiger partial charge in [-0.1, -0.05) is 11.6 Å². The second-order valence-electron chi connectivity index (χ2n) is 6.16. The molecule has 0 fully saturated rings. The van der Waals surface area contributed by atoms with Gasteiger partial charge in [-0.25, -0.2) is 4.79 Å². The van der Waals surface area contributed by atoms with Gasteiger partial charge in [0.2, 0.25) is 11.6 Å². The van der Waals surface area contributed by atoms with Crippen molar-refractivity contribution < 1.29 is 31.9 Å². The van der Waals surface area contributed by atoms with Crippen LogP contribution in [0.25, 0.3) is 5.69 Å². The highest BCUT2D eigenvalue weighted by molar-refractivity contribution is 7.99. The van der Waals surface area contributed by atoms with E-state index in [1.165, 1.54) is 11.8 Å². The van der Waals surface area contributed by atoms with E-state index in [2.05, 4.69) is 10.6 Å². The summed E-state index contributed by atoms with van der Waals surface area (Å²) in [7, 11) is 1.53. The van der Waals surface area contributed by atoms with Crippen LogP contribution >= 0.6 is 23.4 Å². The maximum Gasteiger partial charge on any atom is 0.442 e. The van der Waals surface area contributed by atoms with Gasteiger partial charge in [0, 0.05) is 24.3 Å². The number of carbonyl (C=O) groups is 1. The Kier molecular flexibility index (Phi) is 6.96. The molecule has 3 aromatic rings. The molecule has 0 unspecified atom stereocenters. The van der Waals surface area contributed by atoms with E-state index in [0.717, 1.165) is 30.0 Å². The number of benzene rings is 2. The van der Waals surface area contributed by atoms with Gasteiger partial charge < -0.3 is 10.1 Å². The summed E-state index contributed by atoms with van der Waals surface area (Å²) in [5.41, 5.74) is -1.08. The topological polar surface area (TPSA) is 88.2 Å². The van der Waals surface area contributed by atoms with Crippen LogP contribution < -0.4 is 20.4 Å². The van der Waals surface area contributed by atoms with Gasteiger partial charge in [0.15, 0.2) is 0 Å². The smallest absolute Gasteiger partial charge is 0.442 e.